The molecule has 1 rings (SSSR count). The van der Waals surface area contributed by atoms with E-state index in [0.29, 0.717) is 12.1 Å². The third-order valence-electron chi connectivity index (χ3n) is 3.26. The molecule has 0 fully saturated rings. The Morgan fingerprint density at radius 1 is 1.29 bits per heavy atom. The molecule has 0 spiro atoms. The van der Waals surface area contributed by atoms with E-state index in [2.05, 4.69) is 5.32 Å². The summed E-state index contributed by atoms with van der Waals surface area (Å²) >= 11 is 0. The van der Waals surface area contributed by atoms with Gasteiger partial charge in [-0.2, -0.15) is 0 Å². The van der Waals surface area contributed by atoms with Gasteiger partial charge >= 0.3 is 0 Å². The van der Waals surface area contributed by atoms with Gasteiger partial charge in [0.2, 0.25) is 10.0 Å². The van der Waals surface area contributed by atoms with Crippen LogP contribution in [-0.2, 0) is 10.0 Å². The summed E-state index contributed by atoms with van der Waals surface area (Å²) in [5, 5.41) is 7.31. The average Bonchev–Trinajstić information content (AvgIpc) is 2.34. The smallest absolute Gasteiger partial charge is 0.254 e. The maximum atomic E-state index is 13.6. The maximum absolute atomic E-state index is 13.6. The quantitative estimate of drug-likeness (QED) is 0.866. The van der Waals surface area contributed by atoms with Crippen molar-refractivity contribution in [2.24, 2.45) is 10.6 Å². The molecule has 0 bridgehead atoms. The number of sulfonamides is 1. The van der Waals surface area contributed by atoms with Crippen LogP contribution in [0.5, 0.6) is 0 Å². The van der Waals surface area contributed by atoms with Crippen LogP contribution in [-0.4, -0.2) is 20.9 Å². The van der Waals surface area contributed by atoms with Crippen molar-refractivity contribution in [2.75, 3.05) is 6.54 Å². The minimum atomic E-state index is -4.38. The molecule has 1 aromatic rings. The van der Waals surface area contributed by atoms with Crippen LogP contribution < -0.4 is 10.5 Å². The Morgan fingerprint density at radius 2 is 1.86 bits per heavy atom. The minimum absolute atomic E-state index is 0.199. The molecule has 8 heteroatoms. The van der Waals surface area contributed by atoms with Gasteiger partial charge < -0.3 is 5.32 Å². The summed E-state index contributed by atoms with van der Waals surface area (Å²) in [5.74, 6) is -3.30. The first kappa shape index (κ1) is 17.5. The molecular formula is C13H18F2N2O3S. The second kappa shape index (κ2) is 6.07. The van der Waals surface area contributed by atoms with Crippen molar-refractivity contribution in [3.63, 3.8) is 0 Å². The number of nitrogens with two attached hydrogens (primary N) is 1. The first-order chi connectivity index (χ1) is 9.48. The zero-order valence-electron chi connectivity index (χ0n) is 12.0. The van der Waals surface area contributed by atoms with E-state index in [1.807, 2.05) is 20.8 Å². The van der Waals surface area contributed by atoms with E-state index < -0.39 is 38.0 Å². The van der Waals surface area contributed by atoms with Crippen LogP contribution in [0.4, 0.5) is 8.78 Å². The topological polar surface area (TPSA) is 89.3 Å². The predicted octanol–water partition coefficient (Wildman–Crippen LogP) is 1.78. The molecule has 0 heterocycles. The normalized spacial score (nSPS) is 12.3. The van der Waals surface area contributed by atoms with Gasteiger partial charge in [-0.25, -0.2) is 22.3 Å². The Labute approximate surface area is 122 Å². The number of hydrogen-bond acceptors (Lipinski definition) is 3. The van der Waals surface area contributed by atoms with Crippen LogP contribution in [0.2, 0.25) is 0 Å². The molecule has 0 unspecified atom stereocenters. The van der Waals surface area contributed by atoms with E-state index in [9.17, 15) is 22.0 Å². The molecule has 0 saturated carbocycles. The lowest BCUT2D eigenvalue weighted by Gasteiger charge is -2.22. The minimum Gasteiger partial charge on any atom is -0.351 e. The molecule has 0 aliphatic carbocycles. The van der Waals surface area contributed by atoms with Gasteiger partial charge in [0.05, 0.1) is 5.56 Å². The highest BCUT2D eigenvalue weighted by molar-refractivity contribution is 7.89. The van der Waals surface area contributed by atoms with Crippen LogP contribution in [0.3, 0.4) is 0 Å². The van der Waals surface area contributed by atoms with Crippen molar-refractivity contribution in [3.8, 4) is 0 Å². The van der Waals surface area contributed by atoms with Crippen LogP contribution in [0.25, 0.3) is 0 Å². The van der Waals surface area contributed by atoms with Gasteiger partial charge in [-0.3, -0.25) is 4.79 Å². The number of carbonyl (C=O) groups excluding carboxylic acids is 1. The zero-order chi connectivity index (χ0) is 16.4. The lowest BCUT2D eigenvalue weighted by molar-refractivity contribution is 0.0931. The number of amides is 1. The molecule has 0 aromatic heterocycles. The highest BCUT2D eigenvalue weighted by Gasteiger charge is 2.23. The fourth-order valence-electron chi connectivity index (χ4n) is 1.46. The SMILES string of the molecule is CCC(C)(C)CNC(=O)c1cc(S(N)(=O)=O)c(F)cc1F. The van der Waals surface area contributed by atoms with Crippen molar-refractivity contribution in [2.45, 2.75) is 32.1 Å². The fraction of sp³-hybridized carbons (Fsp3) is 0.462. The van der Waals surface area contributed by atoms with Crippen molar-refractivity contribution in [3.05, 3.63) is 29.3 Å². The largest absolute Gasteiger partial charge is 0.351 e. The molecule has 0 saturated heterocycles. The Bertz CT molecular complexity index is 658. The summed E-state index contributed by atoms with van der Waals surface area (Å²) in [4.78, 5) is 11.0. The molecule has 0 radical (unpaired) electrons. The summed E-state index contributed by atoms with van der Waals surface area (Å²) in [5.41, 5.74) is -0.762. The van der Waals surface area contributed by atoms with Crippen molar-refractivity contribution in [1.82, 2.24) is 5.32 Å². The maximum Gasteiger partial charge on any atom is 0.254 e. The lowest BCUT2D eigenvalue weighted by atomic mass is 9.90. The monoisotopic (exact) mass is 320 g/mol. The van der Waals surface area contributed by atoms with Crippen molar-refractivity contribution < 1.29 is 22.0 Å². The lowest BCUT2D eigenvalue weighted by Crippen LogP contribution is -2.34. The number of carbonyl (C=O) groups is 1. The van der Waals surface area contributed by atoms with Gasteiger partial charge in [0, 0.05) is 12.6 Å². The number of halogens is 2. The van der Waals surface area contributed by atoms with E-state index in [4.69, 9.17) is 5.14 Å². The fourth-order valence-corrected chi connectivity index (χ4v) is 2.07. The number of rotatable bonds is 5. The molecule has 118 valence electrons. The molecule has 1 amide bonds. The van der Waals surface area contributed by atoms with Gasteiger partial charge in [0.15, 0.2) is 0 Å². The summed E-state index contributed by atoms with van der Waals surface area (Å²) in [6.07, 6.45) is 0.779. The van der Waals surface area contributed by atoms with Crippen molar-refractivity contribution in [1.29, 1.82) is 0 Å². The zero-order valence-corrected chi connectivity index (χ0v) is 12.9. The summed E-state index contributed by atoms with van der Waals surface area (Å²) in [6, 6.07) is 0.938. The highest BCUT2D eigenvalue weighted by Crippen LogP contribution is 2.20. The van der Waals surface area contributed by atoms with Crippen molar-refractivity contribution >= 4 is 15.9 Å². The van der Waals surface area contributed by atoms with E-state index in [-0.39, 0.29) is 12.0 Å². The van der Waals surface area contributed by atoms with Gasteiger partial charge in [-0.15, -0.1) is 0 Å². The molecule has 3 N–H and O–H groups in total. The number of nitrogens with one attached hydrogen (secondary N) is 1. The summed E-state index contributed by atoms with van der Waals surface area (Å²) in [6.45, 7) is 6.02. The Hall–Kier alpha value is -1.54. The van der Waals surface area contributed by atoms with Crippen LogP contribution in [0, 0.1) is 17.0 Å². The molecule has 0 atom stereocenters. The Balaban J connectivity index is 3.11. The summed E-state index contributed by atoms with van der Waals surface area (Å²) in [7, 11) is -4.38. The van der Waals surface area contributed by atoms with E-state index >= 15 is 0 Å². The third kappa shape index (κ3) is 4.47. The van der Waals surface area contributed by atoms with Gasteiger partial charge in [0.1, 0.15) is 16.5 Å². The molecular weight excluding hydrogens is 302 g/mol. The molecule has 5 nitrogen and oxygen atoms in total. The van der Waals surface area contributed by atoms with Crippen LogP contribution >= 0.6 is 0 Å². The first-order valence-electron chi connectivity index (χ1n) is 6.28. The van der Waals surface area contributed by atoms with Crippen LogP contribution in [0.1, 0.15) is 37.6 Å². The average molecular weight is 320 g/mol. The highest BCUT2D eigenvalue weighted by atomic mass is 32.2. The van der Waals surface area contributed by atoms with E-state index in [1.54, 1.807) is 0 Å². The Kier molecular flexibility index (Phi) is 5.06. The van der Waals surface area contributed by atoms with E-state index in [0.717, 1.165) is 6.42 Å². The second-order valence-corrected chi connectivity index (χ2v) is 7.04. The van der Waals surface area contributed by atoms with Gasteiger partial charge in [0.25, 0.3) is 5.91 Å². The number of primary sulfonamides is 1. The Morgan fingerprint density at radius 3 is 2.33 bits per heavy atom. The van der Waals surface area contributed by atoms with Crippen LogP contribution in [0.15, 0.2) is 17.0 Å². The molecule has 0 aliphatic heterocycles. The standard InChI is InChI=1S/C13H18F2N2O3S/c1-4-13(2,3)7-17-12(18)8-5-11(21(16,19)20)10(15)6-9(8)14/h5-6H,4,7H2,1-3H3,(H,17,18)(H2,16,19,20). The molecule has 0 aliphatic rings. The number of hydrogen-bond donors (Lipinski definition) is 2. The predicted molar refractivity (Wildman–Crippen MR) is 74.1 cm³/mol. The second-order valence-electron chi connectivity index (χ2n) is 5.51. The van der Waals surface area contributed by atoms with Gasteiger partial charge in [-0.1, -0.05) is 20.8 Å². The molecule has 1 aromatic carbocycles. The van der Waals surface area contributed by atoms with Gasteiger partial charge in [-0.05, 0) is 17.9 Å². The summed E-state index contributed by atoms with van der Waals surface area (Å²) < 4.78 is 49.4. The number of benzene rings is 1. The third-order valence-corrected chi connectivity index (χ3v) is 4.18. The first-order valence-corrected chi connectivity index (χ1v) is 7.82. The van der Waals surface area contributed by atoms with E-state index in [1.165, 1.54) is 0 Å². The molecule has 21 heavy (non-hydrogen) atoms.